The van der Waals surface area contributed by atoms with E-state index in [9.17, 15) is 4.79 Å². The van der Waals surface area contributed by atoms with Crippen molar-refractivity contribution >= 4 is 5.97 Å². The normalized spacial score (nSPS) is 15.9. The first-order valence-electron chi connectivity index (χ1n) is 5.74. The van der Waals surface area contributed by atoms with E-state index in [2.05, 4.69) is 9.97 Å². The van der Waals surface area contributed by atoms with Crippen molar-refractivity contribution < 1.29 is 19.0 Å². The lowest BCUT2D eigenvalue weighted by atomic mass is 10.0. The largest absolute Gasteiger partial charge is 0.481 e. The van der Waals surface area contributed by atoms with E-state index < -0.39 is 5.92 Å². The van der Waals surface area contributed by atoms with Crippen LogP contribution >= 0.6 is 0 Å². The van der Waals surface area contributed by atoms with Crippen molar-refractivity contribution in [3.8, 4) is 11.8 Å². The molecular formula is C12H16N2O4. The zero-order valence-electron chi connectivity index (χ0n) is 10.7. The van der Waals surface area contributed by atoms with Crippen LogP contribution in [0.2, 0.25) is 0 Å². The first kappa shape index (κ1) is 12.6. The summed E-state index contributed by atoms with van der Waals surface area (Å²) in [6, 6.07) is 1.57. The highest BCUT2D eigenvalue weighted by Crippen LogP contribution is 2.42. The quantitative estimate of drug-likeness (QED) is 0.732. The molecule has 0 aliphatic heterocycles. The Bertz CT molecular complexity index is 423. The van der Waals surface area contributed by atoms with E-state index in [-0.39, 0.29) is 11.9 Å². The van der Waals surface area contributed by atoms with Crippen LogP contribution in [0.1, 0.15) is 24.6 Å². The highest BCUT2D eigenvalue weighted by atomic mass is 16.5. The van der Waals surface area contributed by atoms with Gasteiger partial charge < -0.3 is 14.2 Å². The summed E-state index contributed by atoms with van der Waals surface area (Å²) in [5.74, 6) is 0.680. The Morgan fingerprint density at radius 2 is 1.78 bits per heavy atom. The minimum atomic E-state index is -0.431. The van der Waals surface area contributed by atoms with Crippen molar-refractivity contribution in [2.24, 2.45) is 5.92 Å². The van der Waals surface area contributed by atoms with E-state index in [4.69, 9.17) is 14.2 Å². The number of carbonyl (C=O) groups excluding carboxylic acids is 1. The molecule has 1 heterocycles. The monoisotopic (exact) mass is 252 g/mol. The van der Waals surface area contributed by atoms with E-state index in [1.165, 1.54) is 21.3 Å². The summed E-state index contributed by atoms with van der Waals surface area (Å²) in [6.45, 7) is 0. The Labute approximate surface area is 105 Å². The van der Waals surface area contributed by atoms with Crippen LogP contribution in [0.4, 0.5) is 0 Å². The van der Waals surface area contributed by atoms with Crippen molar-refractivity contribution in [3.05, 3.63) is 11.9 Å². The van der Waals surface area contributed by atoms with Crippen molar-refractivity contribution in [2.45, 2.75) is 18.8 Å². The van der Waals surface area contributed by atoms with E-state index in [1.807, 2.05) is 0 Å². The van der Waals surface area contributed by atoms with Gasteiger partial charge in [0.15, 0.2) is 5.82 Å². The van der Waals surface area contributed by atoms with Gasteiger partial charge in [0.1, 0.15) is 5.92 Å². The molecule has 6 nitrogen and oxygen atoms in total. The van der Waals surface area contributed by atoms with Crippen LogP contribution in [0.25, 0.3) is 0 Å². The van der Waals surface area contributed by atoms with Crippen molar-refractivity contribution in [3.63, 3.8) is 0 Å². The van der Waals surface area contributed by atoms with Crippen molar-refractivity contribution in [1.82, 2.24) is 9.97 Å². The van der Waals surface area contributed by atoms with Crippen molar-refractivity contribution in [2.75, 3.05) is 21.3 Å². The number of methoxy groups -OCH3 is 3. The van der Waals surface area contributed by atoms with Gasteiger partial charge in [0.2, 0.25) is 11.8 Å². The third kappa shape index (κ3) is 2.52. The first-order chi connectivity index (χ1) is 8.69. The summed E-state index contributed by atoms with van der Waals surface area (Å²) in [7, 11) is 4.39. The molecule has 2 rings (SSSR count). The maximum absolute atomic E-state index is 11.8. The van der Waals surface area contributed by atoms with Crippen LogP contribution in [0, 0.1) is 5.92 Å². The molecule has 1 saturated carbocycles. The SMILES string of the molecule is COC(=O)C(c1nc(OC)cc(OC)n1)C1CC1. The van der Waals surface area contributed by atoms with Gasteiger partial charge in [-0.15, -0.1) is 0 Å². The fourth-order valence-electron chi connectivity index (χ4n) is 1.83. The van der Waals surface area contributed by atoms with Gasteiger partial charge >= 0.3 is 5.97 Å². The number of esters is 1. The fourth-order valence-corrected chi connectivity index (χ4v) is 1.83. The molecule has 98 valence electrons. The summed E-state index contributed by atoms with van der Waals surface area (Å²) in [5.41, 5.74) is 0. The molecule has 1 aromatic rings. The maximum atomic E-state index is 11.8. The molecule has 1 aliphatic rings. The Morgan fingerprint density at radius 3 is 2.17 bits per heavy atom. The molecule has 0 bridgehead atoms. The Hall–Kier alpha value is -1.85. The van der Waals surface area contributed by atoms with Crippen molar-refractivity contribution in [1.29, 1.82) is 0 Å². The minimum absolute atomic E-state index is 0.259. The predicted molar refractivity (Wildman–Crippen MR) is 62.6 cm³/mol. The van der Waals surface area contributed by atoms with Crippen LogP contribution in [0.15, 0.2) is 6.07 Å². The van der Waals surface area contributed by atoms with Crippen LogP contribution in [0.5, 0.6) is 11.8 Å². The second-order valence-corrected chi connectivity index (χ2v) is 4.15. The predicted octanol–water partition coefficient (Wildman–Crippen LogP) is 1.16. The van der Waals surface area contributed by atoms with Gasteiger partial charge in [-0.3, -0.25) is 4.79 Å². The standard InChI is InChI=1S/C12H16N2O4/c1-16-8-6-9(17-2)14-11(13-8)10(7-4-5-7)12(15)18-3/h6-7,10H,4-5H2,1-3H3. The van der Waals surface area contributed by atoms with E-state index in [0.717, 1.165) is 12.8 Å². The zero-order valence-corrected chi connectivity index (χ0v) is 10.7. The van der Waals surface area contributed by atoms with Crippen LogP contribution < -0.4 is 9.47 Å². The number of aromatic nitrogens is 2. The number of hydrogen-bond acceptors (Lipinski definition) is 6. The molecule has 1 fully saturated rings. The molecule has 0 radical (unpaired) electrons. The Morgan fingerprint density at radius 1 is 1.22 bits per heavy atom. The molecule has 0 aromatic carbocycles. The lowest BCUT2D eigenvalue weighted by molar-refractivity contribution is -0.143. The van der Waals surface area contributed by atoms with E-state index >= 15 is 0 Å². The average Bonchev–Trinajstić information content (AvgIpc) is 3.22. The highest BCUT2D eigenvalue weighted by molar-refractivity contribution is 5.77. The van der Waals surface area contributed by atoms with Gasteiger partial charge in [-0.1, -0.05) is 0 Å². The molecule has 1 unspecified atom stereocenters. The third-order valence-electron chi connectivity index (χ3n) is 2.94. The molecule has 0 amide bonds. The van der Waals surface area contributed by atoms with Gasteiger partial charge in [0, 0.05) is 0 Å². The lowest BCUT2D eigenvalue weighted by Gasteiger charge is -2.13. The summed E-state index contributed by atoms with van der Waals surface area (Å²) in [5, 5.41) is 0. The second-order valence-electron chi connectivity index (χ2n) is 4.15. The van der Waals surface area contributed by atoms with Gasteiger partial charge in [0.25, 0.3) is 0 Å². The highest BCUT2D eigenvalue weighted by Gasteiger charge is 2.40. The van der Waals surface area contributed by atoms with Crippen LogP contribution in [-0.2, 0) is 9.53 Å². The number of hydrogen-bond donors (Lipinski definition) is 0. The topological polar surface area (TPSA) is 70.5 Å². The minimum Gasteiger partial charge on any atom is -0.481 e. The number of ether oxygens (including phenoxy) is 3. The molecule has 0 spiro atoms. The Kier molecular flexibility index (Phi) is 3.64. The third-order valence-corrected chi connectivity index (χ3v) is 2.94. The van der Waals surface area contributed by atoms with Gasteiger partial charge in [-0.25, -0.2) is 0 Å². The Balaban J connectivity index is 2.36. The molecule has 0 N–H and O–H groups in total. The summed E-state index contributed by atoms with van der Waals surface area (Å²) in [6.07, 6.45) is 1.98. The second kappa shape index (κ2) is 5.20. The lowest BCUT2D eigenvalue weighted by Crippen LogP contribution is -2.19. The molecule has 1 aliphatic carbocycles. The summed E-state index contributed by atoms with van der Waals surface area (Å²) in [4.78, 5) is 20.2. The molecule has 1 aromatic heterocycles. The fraction of sp³-hybridized carbons (Fsp3) is 0.583. The number of rotatable bonds is 5. The molecule has 0 saturated heterocycles. The summed E-state index contributed by atoms with van der Waals surface area (Å²) >= 11 is 0. The van der Waals surface area contributed by atoms with Gasteiger partial charge in [0.05, 0.1) is 27.4 Å². The molecule has 18 heavy (non-hydrogen) atoms. The van der Waals surface area contributed by atoms with Gasteiger partial charge in [-0.2, -0.15) is 9.97 Å². The smallest absolute Gasteiger partial charge is 0.316 e. The molecular weight excluding hydrogens is 236 g/mol. The number of carbonyl (C=O) groups is 1. The number of nitrogens with zero attached hydrogens (tertiary/aromatic N) is 2. The average molecular weight is 252 g/mol. The van der Waals surface area contributed by atoms with Gasteiger partial charge in [-0.05, 0) is 18.8 Å². The van der Waals surface area contributed by atoms with Crippen LogP contribution in [0.3, 0.4) is 0 Å². The molecule has 6 heteroatoms. The zero-order chi connectivity index (χ0) is 13.1. The summed E-state index contributed by atoms with van der Waals surface area (Å²) < 4.78 is 15.0. The maximum Gasteiger partial charge on any atom is 0.316 e. The first-order valence-corrected chi connectivity index (χ1v) is 5.74. The van der Waals surface area contributed by atoms with E-state index in [1.54, 1.807) is 6.07 Å². The van der Waals surface area contributed by atoms with E-state index in [0.29, 0.717) is 17.6 Å². The van der Waals surface area contributed by atoms with Crippen LogP contribution in [-0.4, -0.2) is 37.3 Å². The molecule has 1 atom stereocenters.